The number of nitrogens with one attached hydrogen (secondary N) is 2. The average molecular weight is 365 g/mol. The second-order valence-electron chi connectivity index (χ2n) is 7.20. The maximum absolute atomic E-state index is 12.6. The molecule has 2 aromatic rings. The van der Waals surface area contributed by atoms with Crippen LogP contribution in [0, 0.1) is 5.92 Å². The summed E-state index contributed by atoms with van der Waals surface area (Å²) in [4.78, 5) is 25.8. The molecule has 27 heavy (non-hydrogen) atoms. The summed E-state index contributed by atoms with van der Waals surface area (Å²) >= 11 is 0. The van der Waals surface area contributed by atoms with E-state index in [1.807, 2.05) is 12.1 Å². The summed E-state index contributed by atoms with van der Waals surface area (Å²) in [5.74, 6) is 0.536. The Morgan fingerprint density at radius 2 is 1.93 bits per heavy atom. The van der Waals surface area contributed by atoms with Crippen molar-refractivity contribution in [3.63, 3.8) is 0 Å². The minimum atomic E-state index is -0.173. The fraction of sp³-hybridized carbons (Fsp3) is 0.364. The van der Waals surface area contributed by atoms with E-state index in [0.29, 0.717) is 17.2 Å². The van der Waals surface area contributed by atoms with Crippen molar-refractivity contribution in [2.45, 2.75) is 32.4 Å². The molecule has 5 nitrogen and oxygen atoms in total. The molecule has 0 saturated carbocycles. The van der Waals surface area contributed by atoms with Crippen LogP contribution in [0.5, 0.6) is 0 Å². The minimum Gasteiger partial charge on any atom is -0.322 e. The third-order valence-corrected chi connectivity index (χ3v) is 5.12. The first-order valence-electron chi connectivity index (χ1n) is 9.45. The molecule has 0 aliphatic carbocycles. The van der Waals surface area contributed by atoms with Gasteiger partial charge in [-0.05, 0) is 56.3 Å². The summed E-state index contributed by atoms with van der Waals surface area (Å²) in [7, 11) is 1.72. The summed E-state index contributed by atoms with van der Waals surface area (Å²) in [6.07, 6.45) is 3.00. The van der Waals surface area contributed by atoms with Gasteiger partial charge in [-0.3, -0.25) is 15.0 Å². The number of Topliss-reactive ketones (excluding diaryl/α,β-unsaturated/α-hetero) is 1. The molecule has 2 aromatic carbocycles. The van der Waals surface area contributed by atoms with Crippen molar-refractivity contribution in [1.82, 2.24) is 10.6 Å². The summed E-state index contributed by atoms with van der Waals surface area (Å²) in [6.45, 7) is 2.42. The highest BCUT2D eigenvalue weighted by atomic mass is 16.2. The number of carbonyl (C=O) groups excluding carboxylic acids is 2. The molecule has 1 aliphatic heterocycles. The molecule has 1 saturated heterocycles. The van der Waals surface area contributed by atoms with Crippen molar-refractivity contribution < 1.29 is 9.59 Å². The van der Waals surface area contributed by atoms with Gasteiger partial charge < -0.3 is 5.32 Å². The molecule has 0 radical (unpaired) electrons. The van der Waals surface area contributed by atoms with E-state index in [2.05, 4.69) is 34.9 Å². The van der Waals surface area contributed by atoms with Crippen LogP contribution in [-0.4, -0.2) is 31.6 Å². The van der Waals surface area contributed by atoms with Crippen LogP contribution in [0.2, 0.25) is 0 Å². The van der Waals surface area contributed by atoms with E-state index in [9.17, 15) is 9.59 Å². The summed E-state index contributed by atoms with van der Waals surface area (Å²) in [5.41, 5.74) is 2.65. The number of hydrogen-bond donors (Lipinski definition) is 2. The Kier molecular flexibility index (Phi) is 6.24. The van der Waals surface area contributed by atoms with Gasteiger partial charge in [0.1, 0.15) is 0 Å². The molecule has 5 heteroatoms. The van der Waals surface area contributed by atoms with Gasteiger partial charge in [0.05, 0.1) is 6.17 Å². The number of rotatable bonds is 5. The largest absolute Gasteiger partial charge is 0.322 e. The van der Waals surface area contributed by atoms with Gasteiger partial charge in [0.2, 0.25) is 0 Å². The highest BCUT2D eigenvalue weighted by Crippen LogP contribution is 2.21. The van der Waals surface area contributed by atoms with Gasteiger partial charge in [0.15, 0.2) is 5.78 Å². The predicted octanol–water partition coefficient (Wildman–Crippen LogP) is 3.60. The number of nitrogens with zero attached hydrogens (tertiary/aromatic N) is 1. The second kappa shape index (κ2) is 8.82. The Balaban J connectivity index is 1.58. The zero-order valence-corrected chi connectivity index (χ0v) is 15.9. The Morgan fingerprint density at radius 3 is 2.67 bits per heavy atom. The van der Waals surface area contributed by atoms with Crippen LogP contribution in [0.15, 0.2) is 54.6 Å². The number of ketones is 1. The Morgan fingerprint density at radius 1 is 1.15 bits per heavy atom. The quantitative estimate of drug-likeness (QED) is 0.796. The lowest BCUT2D eigenvalue weighted by Crippen LogP contribution is -2.53. The van der Waals surface area contributed by atoms with Crippen molar-refractivity contribution >= 4 is 17.5 Å². The van der Waals surface area contributed by atoms with Gasteiger partial charge in [-0.25, -0.2) is 4.79 Å². The molecular weight excluding hydrogens is 338 g/mol. The highest BCUT2D eigenvalue weighted by molar-refractivity contribution is 5.97. The number of piperidine rings is 1. The molecular formula is C22H27N3O2. The number of hydrogen-bond acceptors (Lipinski definition) is 3. The van der Waals surface area contributed by atoms with Gasteiger partial charge in [-0.2, -0.15) is 0 Å². The SMILES string of the molecule is CC(=O)c1cccc(N(C)C(=O)N[C@H]2C[C@@H](Cc3ccccc3)CCN2)c1. The monoisotopic (exact) mass is 365 g/mol. The number of urea groups is 1. The molecule has 0 bridgehead atoms. The van der Waals surface area contributed by atoms with Crippen LogP contribution in [-0.2, 0) is 6.42 Å². The second-order valence-corrected chi connectivity index (χ2v) is 7.20. The highest BCUT2D eigenvalue weighted by Gasteiger charge is 2.24. The molecule has 2 amide bonds. The third kappa shape index (κ3) is 5.17. The molecule has 2 N–H and O–H groups in total. The Labute approximate surface area is 160 Å². The molecule has 0 spiro atoms. The van der Waals surface area contributed by atoms with E-state index in [-0.39, 0.29) is 18.0 Å². The molecule has 3 rings (SSSR count). The van der Waals surface area contributed by atoms with Crippen molar-refractivity contribution in [3.05, 3.63) is 65.7 Å². The Hall–Kier alpha value is -2.66. The number of benzene rings is 2. The van der Waals surface area contributed by atoms with Gasteiger partial charge in [0.25, 0.3) is 0 Å². The first-order chi connectivity index (χ1) is 13.0. The zero-order chi connectivity index (χ0) is 19.2. The fourth-order valence-corrected chi connectivity index (χ4v) is 3.54. The molecule has 1 fully saturated rings. The van der Waals surface area contributed by atoms with Crippen LogP contribution >= 0.6 is 0 Å². The molecule has 0 aromatic heterocycles. The zero-order valence-electron chi connectivity index (χ0n) is 15.9. The van der Waals surface area contributed by atoms with Gasteiger partial charge >= 0.3 is 6.03 Å². The number of amides is 2. The van der Waals surface area contributed by atoms with E-state index < -0.39 is 0 Å². The molecule has 0 unspecified atom stereocenters. The van der Waals surface area contributed by atoms with Gasteiger partial charge in [-0.1, -0.05) is 42.5 Å². The van der Waals surface area contributed by atoms with Crippen molar-refractivity contribution in [1.29, 1.82) is 0 Å². The molecule has 2 atom stereocenters. The number of carbonyl (C=O) groups is 2. The van der Waals surface area contributed by atoms with Crippen LogP contribution in [0.3, 0.4) is 0 Å². The van der Waals surface area contributed by atoms with Crippen molar-refractivity contribution in [2.75, 3.05) is 18.5 Å². The van der Waals surface area contributed by atoms with E-state index in [4.69, 9.17) is 0 Å². The van der Waals surface area contributed by atoms with Crippen LogP contribution in [0.25, 0.3) is 0 Å². The van der Waals surface area contributed by atoms with E-state index in [0.717, 1.165) is 25.8 Å². The summed E-state index contributed by atoms with van der Waals surface area (Å²) in [6, 6.07) is 17.4. The molecule has 1 heterocycles. The Bertz CT molecular complexity index is 791. The van der Waals surface area contributed by atoms with Crippen molar-refractivity contribution in [2.24, 2.45) is 5.92 Å². The third-order valence-electron chi connectivity index (χ3n) is 5.12. The normalized spacial score (nSPS) is 19.3. The summed E-state index contributed by atoms with van der Waals surface area (Å²) < 4.78 is 0. The standard InChI is InChI=1S/C22H27N3O2/c1-16(26)19-9-6-10-20(15-19)25(2)22(27)24-21-14-18(11-12-23-21)13-17-7-4-3-5-8-17/h3-10,15,18,21,23H,11-14H2,1-2H3,(H,24,27)/t18-,21+/m1/s1. The maximum atomic E-state index is 12.6. The minimum absolute atomic E-state index is 0.0108. The van der Waals surface area contributed by atoms with E-state index in [1.54, 1.807) is 30.1 Å². The lowest BCUT2D eigenvalue weighted by molar-refractivity contribution is 0.101. The van der Waals surface area contributed by atoms with E-state index >= 15 is 0 Å². The van der Waals surface area contributed by atoms with Gasteiger partial charge in [0, 0.05) is 18.3 Å². The summed E-state index contributed by atoms with van der Waals surface area (Å²) in [5, 5.41) is 6.46. The molecule has 142 valence electrons. The average Bonchev–Trinajstić information content (AvgIpc) is 2.68. The lowest BCUT2D eigenvalue weighted by Gasteiger charge is -2.32. The first kappa shape index (κ1) is 19.1. The van der Waals surface area contributed by atoms with E-state index in [1.165, 1.54) is 12.5 Å². The lowest BCUT2D eigenvalue weighted by atomic mass is 9.89. The fourth-order valence-electron chi connectivity index (χ4n) is 3.54. The first-order valence-corrected chi connectivity index (χ1v) is 9.45. The van der Waals surface area contributed by atoms with Crippen LogP contribution < -0.4 is 15.5 Å². The predicted molar refractivity (Wildman–Crippen MR) is 108 cm³/mol. The van der Waals surface area contributed by atoms with Gasteiger partial charge in [-0.15, -0.1) is 0 Å². The van der Waals surface area contributed by atoms with Crippen LogP contribution in [0.1, 0.15) is 35.7 Å². The number of anilines is 1. The van der Waals surface area contributed by atoms with Crippen LogP contribution in [0.4, 0.5) is 10.5 Å². The molecule has 1 aliphatic rings. The van der Waals surface area contributed by atoms with Crippen molar-refractivity contribution in [3.8, 4) is 0 Å². The topological polar surface area (TPSA) is 61.4 Å². The smallest absolute Gasteiger partial charge is 0.322 e. The maximum Gasteiger partial charge on any atom is 0.322 e.